The van der Waals surface area contributed by atoms with E-state index in [1.165, 1.54) is 18.2 Å². The summed E-state index contributed by atoms with van der Waals surface area (Å²) in [5.41, 5.74) is -0.227. The molecule has 0 aromatic heterocycles. The number of hydrogen-bond donors (Lipinski definition) is 0. The van der Waals surface area contributed by atoms with E-state index in [-0.39, 0.29) is 24.3 Å². The lowest BCUT2D eigenvalue weighted by Gasteiger charge is -2.44. The Balaban J connectivity index is 1.90. The average molecular weight is 463 g/mol. The van der Waals surface area contributed by atoms with Crippen LogP contribution in [0.15, 0.2) is 59.3 Å². The molecule has 0 radical (unpaired) electrons. The third-order valence-corrected chi connectivity index (χ3v) is 6.26. The number of hydrazone groups is 1. The highest BCUT2D eigenvalue weighted by Crippen LogP contribution is 2.50. The molecular formula is C24H25F4N3O2. The number of benzene rings is 1. The third kappa shape index (κ3) is 4.21. The number of ether oxygens (including phenoxy) is 1. The van der Waals surface area contributed by atoms with E-state index < -0.39 is 29.4 Å². The van der Waals surface area contributed by atoms with Crippen LogP contribution in [-0.4, -0.2) is 60.5 Å². The Kier molecular flexibility index (Phi) is 6.18. The summed E-state index contributed by atoms with van der Waals surface area (Å²) in [6.07, 6.45) is 4.94. The highest BCUT2D eigenvalue weighted by Gasteiger charge is 2.61. The quantitative estimate of drug-likeness (QED) is 0.606. The van der Waals surface area contributed by atoms with Crippen LogP contribution in [0.1, 0.15) is 24.8 Å². The highest BCUT2D eigenvalue weighted by atomic mass is 19.4. The second kappa shape index (κ2) is 8.78. The maximum absolute atomic E-state index is 14.1. The molecule has 33 heavy (non-hydrogen) atoms. The number of alkyl halides is 3. The fraction of sp³-hybridized carbons (Fsp3) is 0.417. The van der Waals surface area contributed by atoms with Crippen LogP contribution in [-0.2, 0) is 4.79 Å². The molecule has 1 aliphatic carbocycles. The number of amides is 1. The molecule has 9 heteroatoms. The van der Waals surface area contributed by atoms with E-state index in [4.69, 9.17) is 4.74 Å². The van der Waals surface area contributed by atoms with E-state index in [1.54, 1.807) is 18.2 Å². The molecule has 5 nitrogen and oxygen atoms in total. The van der Waals surface area contributed by atoms with Crippen molar-refractivity contribution < 1.29 is 27.1 Å². The lowest BCUT2D eigenvalue weighted by Crippen LogP contribution is -2.57. The van der Waals surface area contributed by atoms with E-state index in [1.807, 2.05) is 31.1 Å². The predicted molar refractivity (Wildman–Crippen MR) is 116 cm³/mol. The van der Waals surface area contributed by atoms with E-state index in [0.717, 1.165) is 0 Å². The zero-order valence-electron chi connectivity index (χ0n) is 18.4. The lowest BCUT2D eigenvalue weighted by molar-refractivity contribution is -0.191. The molecule has 0 spiro atoms. The molecule has 4 rings (SSSR count). The second-order valence-electron chi connectivity index (χ2n) is 8.64. The van der Waals surface area contributed by atoms with Gasteiger partial charge in [0, 0.05) is 5.56 Å². The van der Waals surface area contributed by atoms with Gasteiger partial charge in [-0.05, 0) is 63.7 Å². The predicted octanol–water partition coefficient (Wildman–Crippen LogP) is 4.47. The van der Waals surface area contributed by atoms with Crippen LogP contribution >= 0.6 is 0 Å². The van der Waals surface area contributed by atoms with Gasteiger partial charge in [0.15, 0.2) is 0 Å². The van der Waals surface area contributed by atoms with Gasteiger partial charge in [-0.2, -0.15) is 18.3 Å². The topological polar surface area (TPSA) is 45.1 Å². The normalized spacial score (nSPS) is 24.1. The summed E-state index contributed by atoms with van der Waals surface area (Å²) in [5.74, 6) is -2.93. The van der Waals surface area contributed by atoms with Gasteiger partial charge in [0.05, 0.1) is 23.8 Å². The monoisotopic (exact) mass is 463 g/mol. The Morgan fingerprint density at radius 1 is 1.27 bits per heavy atom. The van der Waals surface area contributed by atoms with Gasteiger partial charge in [0.1, 0.15) is 11.6 Å². The molecule has 2 aliphatic heterocycles. The van der Waals surface area contributed by atoms with Gasteiger partial charge in [0.2, 0.25) is 0 Å². The molecule has 2 unspecified atom stereocenters. The fourth-order valence-corrected chi connectivity index (χ4v) is 4.81. The maximum atomic E-state index is 14.1. The number of hydrogen-bond acceptors (Lipinski definition) is 4. The van der Waals surface area contributed by atoms with Gasteiger partial charge < -0.3 is 9.64 Å². The van der Waals surface area contributed by atoms with Crippen LogP contribution in [0.5, 0.6) is 5.75 Å². The Morgan fingerprint density at radius 3 is 2.79 bits per heavy atom. The zero-order valence-corrected chi connectivity index (χ0v) is 18.4. The van der Waals surface area contributed by atoms with E-state index >= 15 is 0 Å². The number of halogens is 4. The number of rotatable bonds is 5. The molecule has 0 saturated heterocycles. The Labute approximate surface area is 189 Å². The van der Waals surface area contributed by atoms with Crippen molar-refractivity contribution in [1.82, 2.24) is 9.91 Å². The molecule has 0 bridgehead atoms. The van der Waals surface area contributed by atoms with Gasteiger partial charge >= 0.3 is 12.1 Å². The first-order valence-corrected chi connectivity index (χ1v) is 10.7. The Hall–Kier alpha value is -2.94. The molecule has 1 aromatic carbocycles. The highest BCUT2D eigenvalue weighted by molar-refractivity contribution is 6.09. The van der Waals surface area contributed by atoms with Gasteiger partial charge in [-0.3, -0.25) is 4.79 Å². The smallest absolute Gasteiger partial charge is 0.473 e. The molecule has 0 saturated carbocycles. The van der Waals surface area contributed by atoms with Crippen molar-refractivity contribution in [2.24, 2.45) is 11.0 Å². The summed E-state index contributed by atoms with van der Waals surface area (Å²) in [6, 6.07) is 3.86. The summed E-state index contributed by atoms with van der Waals surface area (Å²) in [6.45, 7) is 0.648. The first kappa shape index (κ1) is 23.2. The molecular weight excluding hydrogens is 438 g/mol. The van der Waals surface area contributed by atoms with Gasteiger partial charge in [-0.25, -0.2) is 9.40 Å². The van der Waals surface area contributed by atoms with Crippen LogP contribution in [0.4, 0.5) is 17.6 Å². The molecule has 2 heterocycles. The summed E-state index contributed by atoms with van der Waals surface area (Å²) in [4.78, 5) is 14.7. The van der Waals surface area contributed by atoms with Crippen LogP contribution in [0.2, 0.25) is 0 Å². The summed E-state index contributed by atoms with van der Waals surface area (Å²) in [7, 11) is 3.75. The number of carbonyl (C=O) groups is 1. The van der Waals surface area contributed by atoms with E-state index in [9.17, 15) is 22.4 Å². The van der Waals surface area contributed by atoms with Crippen LogP contribution in [0, 0.1) is 11.7 Å². The van der Waals surface area contributed by atoms with Crippen LogP contribution in [0.3, 0.4) is 0 Å². The molecule has 1 aromatic rings. The third-order valence-electron chi connectivity index (χ3n) is 6.26. The minimum Gasteiger partial charge on any atom is -0.492 e. The lowest BCUT2D eigenvalue weighted by atomic mass is 9.70. The standard InChI is InChI=1S/C24H25F4N3O2/c1-30(2)13-7-12-23(16-8-5-3-4-6-9-16)19-15-33-20-11-10-17(25)14-18(20)21(19)29-31(23)22(32)24(26,27)28/h3-6,8,10-11,14,19H,7,9,12-13,15H2,1-2H3. The first-order chi connectivity index (χ1) is 15.6. The SMILES string of the molecule is CN(C)CCCC1(C2=CC=CC=CC2)C2COc3ccc(F)cc3C2=NN1C(=O)C(F)(F)F. The molecule has 1 amide bonds. The Morgan fingerprint density at radius 2 is 2.06 bits per heavy atom. The summed E-state index contributed by atoms with van der Waals surface area (Å²) < 4.78 is 61.3. The molecule has 2 atom stereocenters. The number of allylic oxidation sites excluding steroid dienone is 5. The first-order valence-electron chi connectivity index (χ1n) is 10.7. The van der Waals surface area contributed by atoms with Crippen molar-refractivity contribution >= 4 is 11.6 Å². The average Bonchev–Trinajstić information content (AvgIpc) is 2.89. The van der Waals surface area contributed by atoms with E-state index in [0.29, 0.717) is 35.7 Å². The molecule has 0 N–H and O–H groups in total. The summed E-state index contributed by atoms with van der Waals surface area (Å²) in [5, 5.41) is 4.85. The largest absolute Gasteiger partial charge is 0.492 e. The Bertz CT molecular complexity index is 1060. The number of fused-ring (bicyclic) bond motifs is 3. The van der Waals surface area contributed by atoms with Crippen molar-refractivity contribution in [2.75, 3.05) is 27.2 Å². The maximum Gasteiger partial charge on any atom is 0.473 e. The number of carbonyl (C=O) groups excluding carboxylic acids is 1. The van der Waals surface area contributed by atoms with Crippen molar-refractivity contribution in [3.63, 3.8) is 0 Å². The molecule has 3 aliphatic rings. The van der Waals surface area contributed by atoms with E-state index in [2.05, 4.69) is 5.10 Å². The zero-order chi connectivity index (χ0) is 23.8. The second-order valence-corrected chi connectivity index (χ2v) is 8.64. The number of nitrogens with zero attached hydrogens (tertiary/aromatic N) is 3. The van der Waals surface area contributed by atoms with Gasteiger partial charge in [-0.1, -0.05) is 30.4 Å². The fourth-order valence-electron chi connectivity index (χ4n) is 4.81. The van der Waals surface area contributed by atoms with Crippen LogP contribution in [0.25, 0.3) is 0 Å². The van der Waals surface area contributed by atoms with Crippen molar-refractivity contribution in [1.29, 1.82) is 0 Å². The summed E-state index contributed by atoms with van der Waals surface area (Å²) >= 11 is 0. The van der Waals surface area contributed by atoms with Crippen molar-refractivity contribution in [3.05, 3.63) is 65.5 Å². The van der Waals surface area contributed by atoms with Gasteiger partial charge in [-0.15, -0.1) is 0 Å². The van der Waals surface area contributed by atoms with Crippen molar-refractivity contribution in [3.8, 4) is 5.75 Å². The minimum atomic E-state index is -5.12. The van der Waals surface area contributed by atoms with Crippen molar-refractivity contribution in [2.45, 2.75) is 31.0 Å². The molecule has 176 valence electrons. The molecule has 0 fully saturated rings. The van der Waals surface area contributed by atoms with Gasteiger partial charge in [0.25, 0.3) is 0 Å². The minimum absolute atomic E-state index is 0.0336. The van der Waals surface area contributed by atoms with Crippen LogP contribution < -0.4 is 4.74 Å².